The second-order valence-corrected chi connectivity index (χ2v) is 7.56. The maximum absolute atomic E-state index is 12.3. The quantitative estimate of drug-likeness (QED) is 0.875. The molecule has 1 fully saturated rings. The molecule has 0 heterocycles. The fourth-order valence-electron chi connectivity index (χ4n) is 1.73. The molecule has 0 spiro atoms. The van der Waals surface area contributed by atoms with Crippen LogP contribution in [0.25, 0.3) is 0 Å². The molecule has 0 aliphatic heterocycles. The molecule has 2 rings (SSSR count). The van der Waals surface area contributed by atoms with Gasteiger partial charge in [0.15, 0.2) is 0 Å². The van der Waals surface area contributed by atoms with E-state index in [0.29, 0.717) is 10.0 Å². The number of carboxylic acids is 1. The zero-order valence-corrected chi connectivity index (χ0v) is 12.9. The van der Waals surface area contributed by atoms with Gasteiger partial charge >= 0.3 is 5.97 Å². The molecule has 0 amide bonds. The SMILES string of the molecule is Cc1c(Br)cc(C(=O)O)cc1S(=O)(=O)NC1(C)CC1. The predicted octanol–water partition coefficient (Wildman–Crippen LogP) is 2.29. The summed E-state index contributed by atoms with van der Waals surface area (Å²) in [7, 11) is -3.71. The molecule has 1 aromatic rings. The van der Waals surface area contributed by atoms with Crippen molar-refractivity contribution in [2.75, 3.05) is 0 Å². The smallest absolute Gasteiger partial charge is 0.335 e. The Labute approximate surface area is 120 Å². The molecule has 1 saturated carbocycles. The molecule has 5 nitrogen and oxygen atoms in total. The largest absolute Gasteiger partial charge is 0.478 e. The second kappa shape index (κ2) is 4.57. The standard InChI is InChI=1S/C12H14BrNO4S/c1-7-9(13)5-8(11(15)16)6-10(7)19(17,18)14-12(2)3-4-12/h5-6,14H,3-4H2,1-2H3,(H,15,16). The Morgan fingerprint density at radius 3 is 2.47 bits per heavy atom. The van der Waals surface area contributed by atoms with Gasteiger partial charge in [-0.15, -0.1) is 0 Å². The third kappa shape index (κ3) is 2.98. The molecule has 1 aliphatic rings. The van der Waals surface area contributed by atoms with Crippen LogP contribution in [0.1, 0.15) is 35.7 Å². The van der Waals surface area contributed by atoms with Gasteiger partial charge in [-0.3, -0.25) is 0 Å². The van der Waals surface area contributed by atoms with Crippen LogP contribution in [0.2, 0.25) is 0 Å². The van der Waals surface area contributed by atoms with E-state index in [0.717, 1.165) is 12.8 Å². The van der Waals surface area contributed by atoms with Gasteiger partial charge in [0.25, 0.3) is 0 Å². The van der Waals surface area contributed by atoms with Gasteiger partial charge in [0.05, 0.1) is 10.5 Å². The lowest BCUT2D eigenvalue weighted by Gasteiger charge is -2.15. The number of aromatic carboxylic acids is 1. The van der Waals surface area contributed by atoms with Crippen LogP contribution in [0.5, 0.6) is 0 Å². The summed E-state index contributed by atoms with van der Waals surface area (Å²) in [6.07, 6.45) is 1.59. The van der Waals surface area contributed by atoms with Gasteiger partial charge in [-0.1, -0.05) is 15.9 Å². The first-order chi connectivity index (χ1) is 8.65. The molecule has 1 aliphatic carbocycles. The van der Waals surface area contributed by atoms with Crippen molar-refractivity contribution in [2.24, 2.45) is 0 Å². The Morgan fingerprint density at radius 1 is 1.42 bits per heavy atom. The first-order valence-electron chi connectivity index (χ1n) is 5.72. The molecule has 0 bridgehead atoms. The van der Waals surface area contributed by atoms with Gasteiger partial charge in [-0.2, -0.15) is 0 Å². The van der Waals surface area contributed by atoms with Gasteiger partial charge in [0, 0.05) is 10.0 Å². The van der Waals surface area contributed by atoms with Gasteiger partial charge in [-0.05, 0) is 44.4 Å². The molecular weight excluding hydrogens is 334 g/mol. The summed E-state index contributed by atoms with van der Waals surface area (Å²) in [6, 6.07) is 2.59. The summed E-state index contributed by atoms with van der Waals surface area (Å²) < 4.78 is 27.7. The molecular formula is C12H14BrNO4S. The highest BCUT2D eigenvalue weighted by Gasteiger charge is 2.41. The van der Waals surface area contributed by atoms with Crippen LogP contribution in [0.4, 0.5) is 0 Å². The normalized spacial score (nSPS) is 17.2. The van der Waals surface area contributed by atoms with Gasteiger partial charge < -0.3 is 5.11 Å². The Balaban J connectivity index is 2.51. The summed E-state index contributed by atoms with van der Waals surface area (Å²) in [5, 5.41) is 9.00. The number of hydrogen-bond acceptors (Lipinski definition) is 3. The van der Waals surface area contributed by atoms with Gasteiger partial charge in [-0.25, -0.2) is 17.9 Å². The molecule has 0 atom stereocenters. The lowest BCUT2D eigenvalue weighted by atomic mass is 10.1. The molecule has 104 valence electrons. The lowest BCUT2D eigenvalue weighted by molar-refractivity contribution is 0.0696. The van der Waals surface area contributed by atoms with Crippen molar-refractivity contribution in [3.8, 4) is 0 Å². The van der Waals surface area contributed by atoms with Crippen LogP contribution in [0.3, 0.4) is 0 Å². The highest BCUT2D eigenvalue weighted by Crippen LogP contribution is 2.37. The molecule has 1 aromatic carbocycles. The van der Waals surface area contributed by atoms with E-state index in [1.165, 1.54) is 12.1 Å². The van der Waals surface area contributed by atoms with Crippen LogP contribution in [0.15, 0.2) is 21.5 Å². The summed E-state index contributed by atoms with van der Waals surface area (Å²) >= 11 is 3.20. The number of hydrogen-bond donors (Lipinski definition) is 2. The number of halogens is 1. The van der Waals surface area contributed by atoms with Crippen LogP contribution >= 0.6 is 15.9 Å². The van der Waals surface area contributed by atoms with Crippen LogP contribution in [0, 0.1) is 6.92 Å². The minimum atomic E-state index is -3.71. The zero-order valence-electron chi connectivity index (χ0n) is 10.5. The molecule has 2 N–H and O–H groups in total. The maximum Gasteiger partial charge on any atom is 0.335 e. The van der Waals surface area contributed by atoms with E-state index in [2.05, 4.69) is 20.7 Å². The summed E-state index contributed by atoms with van der Waals surface area (Å²) in [4.78, 5) is 11.0. The number of carbonyl (C=O) groups is 1. The molecule has 0 saturated heterocycles. The highest BCUT2D eigenvalue weighted by atomic mass is 79.9. The summed E-state index contributed by atoms with van der Waals surface area (Å²) in [6.45, 7) is 3.47. The first kappa shape index (κ1) is 14.5. The Hall–Kier alpha value is -0.920. The Morgan fingerprint density at radius 2 is 2.00 bits per heavy atom. The number of rotatable bonds is 4. The molecule has 0 radical (unpaired) electrons. The third-order valence-corrected chi connectivity index (χ3v) is 5.80. The van der Waals surface area contributed by atoms with Crippen molar-refractivity contribution in [3.05, 3.63) is 27.7 Å². The van der Waals surface area contributed by atoms with E-state index in [9.17, 15) is 13.2 Å². The minimum Gasteiger partial charge on any atom is -0.478 e. The van der Waals surface area contributed by atoms with E-state index in [1.54, 1.807) is 6.92 Å². The van der Waals surface area contributed by atoms with Crippen LogP contribution < -0.4 is 4.72 Å². The number of sulfonamides is 1. The Bertz CT molecular complexity index is 650. The van der Waals surface area contributed by atoms with Crippen LogP contribution in [-0.4, -0.2) is 25.0 Å². The van der Waals surface area contributed by atoms with Crippen molar-refractivity contribution in [3.63, 3.8) is 0 Å². The van der Waals surface area contributed by atoms with E-state index >= 15 is 0 Å². The topological polar surface area (TPSA) is 83.5 Å². The van der Waals surface area contributed by atoms with Crippen molar-refractivity contribution < 1.29 is 18.3 Å². The number of nitrogens with one attached hydrogen (secondary N) is 1. The average Bonchev–Trinajstić information content (AvgIpc) is 2.98. The fourth-order valence-corrected chi connectivity index (χ4v) is 4.07. The van der Waals surface area contributed by atoms with E-state index in [1.807, 2.05) is 6.92 Å². The number of benzene rings is 1. The summed E-state index contributed by atoms with van der Waals surface area (Å²) in [5.41, 5.74) is 0.0531. The monoisotopic (exact) mass is 347 g/mol. The molecule has 0 unspecified atom stereocenters. The molecule has 19 heavy (non-hydrogen) atoms. The zero-order chi connectivity index (χ0) is 14.4. The Kier molecular flexibility index (Phi) is 3.49. The molecule has 0 aromatic heterocycles. The van der Waals surface area contributed by atoms with Crippen molar-refractivity contribution in [1.29, 1.82) is 0 Å². The van der Waals surface area contributed by atoms with Gasteiger partial charge in [0.2, 0.25) is 10.0 Å². The third-order valence-electron chi connectivity index (χ3n) is 3.21. The fraction of sp³-hybridized carbons (Fsp3) is 0.417. The van der Waals surface area contributed by atoms with E-state index in [4.69, 9.17) is 5.11 Å². The van der Waals surface area contributed by atoms with Crippen molar-refractivity contribution in [2.45, 2.75) is 37.1 Å². The predicted molar refractivity (Wildman–Crippen MR) is 73.8 cm³/mol. The average molecular weight is 348 g/mol. The van der Waals surface area contributed by atoms with Crippen molar-refractivity contribution in [1.82, 2.24) is 4.72 Å². The minimum absolute atomic E-state index is 0.00685. The highest BCUT2D eigenvalue weighted by molar-refractivity contribution is 9.10. The second-order valence-electron chi connectivity index (χ2n) is 5.05. The van der Waals surface area contributed by atoms with Gasteiger partial charge in [0.1, 0.15) is 0 Å². The van der Waals surface area contributed by atoms with Crippen LogP contribution in [-0.2, 0) is 10.0 Å². The van der Waals surface area contributed by atoms with E-state index in [-0.39, 0.29) is 10.5 Å². The van der Waals surface area contributed by atoms with E-state index < -0.39 is 21.5 Å². The number of carboxylic acid groups (broad SMARTS) is 1. The van der Waals surface area contributed by atoms with Crippen molar-refractivity contribution >= 4 is 31.9 Å². The first-order valence-corrected chi connectivity index (χ1v) is 8.00. The summed E-state index contributed by atoms with van der Waals surface area (Å²) in [5.74, 6) is -1.16. The lowest BCUT2D eigenvalue weighted by Crippen LogP contribution is -2.34. The maximum atomic E-state index is 12.3. The molecule has 7 heteroatoms.